The number of rotatable bonds is 1. The standard InChI is InChI=1S/C24H19N2O/c1-15-8-7-9-16(2)22(15)25-14-21-26-23(19-12-5-6-13-20(19)27-21)17-10-3-4-11-18(17)24(25)26/h3-14,23H,1-2H3/q+1. The van der Waals surface area contributed by atoms with Crippen molar-refractivity contribution in [2.45, 2.75) is 19.9 Å². The quantitative estimate of drug-likeness (QED) is 0.377. The molecule has 0 N–H and O–H groups in total. The topological polar surface area (TPSA) is 18.0 Å². The maximum Gasteiger partial charge on any atom is 0.331 e. The Morgan fingerprint density at radius 3 is 2.33 bits per heavy atom. The summed E-state index contributed by atoms with van der Waals surface area (Å²) >= 11 is 0. The van der Waals surface area contributed by atoms with Gasteiger partial charge in [0.1, 0.15) is 11.4 Å². The molecule has 0 saturated heterocycles. The van der Waals surface area contributed by atoms with E-state index in [2.05, 4.69) is 89.8 Å². The minimum atomic E-state index is 0.168. The maximum absolute atomic E-state index is 6.32. The summed E-state index contributed by atoms with van der Waals surface area (Å²) in [5.41, 5.74) is 7.59. The Kier molecular flexibility index (Phi) is 2.80. The Labute approximate surface area is 158 Å². The van der Waals surface area contributed by atoms with E-state index < -0.39 is 0 Å². The van der Waals surface area contributed by atoms with E-state index in [1.54, 1.807) is 0 Å². The summed E-state index contributed by atoms with van der Waals surface area (Å²) in [5, 5.41) is 0. The van der Waals surface area contributed by atoms with Crippen molar-refractivity contribution in [1.82, 2.24) is 4.57 Å². The molecule has 1 atom stereocenters. The van der Waals surface area contributed by atoms with E-state index in [1.165, 1.54) is 39.3 Å². The van der Waals surface area contributed by atoms with Gasteiger partial charge in [-0.1, -0.05) is 54.6 Å². The molecule has 3 heterocycles. The molecular formula is C24H19N2O+. The number of hydrogen-bond donors (Lipinski definition) is 0. The lowest BCUT2D eigenvalue weighted by atomic mass is 9.96. The maximum atomic E-state index is 6.32. The highest BCUT2D eigenvalue weighted by Gasteiger charge is 2.46. The van der Waals surface area contributed by atoms with Gasteiger partial charge in [0.2, 0.25) is 0 Å². The van der Waals surface area contributed by atoms with Crippen LogP contribution in [0, 0.1) is 13.8 Å². The summed E-state index contributed by atoms with van der Waals surface area (Å²) in [7, 11) is 0. The zero-order valence-electron chi connectivity index (χ0n) is 15.3. The van der Waals surface area contributed by atoms with Gasteiger partial charge in [-0.15, -0.1) is 0 Å². The molecule has 3 nitrogen and oxygen atoms in total. The van der Waals surface area contributed by atoms with Crippen LogP contribution in [-0.4, -0.2) is 4.57 Å². The van der Waals surface area contributed by atoms with Crippen molar-refractivity contribution >= 4 is 0 Å². The van der Waals surface area contributed by atoms with Crippen molar-refractivity contribution in [3.05, 3.63) is 95.2 Å². The molecule has 2 aliphatic heterocycles. The third-order valence-corrected chi connectivity index (χ3v) is 5.80. The van der Waals surface area contributed by atoms with Gasteiger partial charge >= 0.3 is 5.88 Å². The molecule has 27 heavy (non-hydrogen) atoms. The first-order chi connectivity index (χ1) is 13.2. The summed E-state index contributed by atoms with van der Waals surface area (Å²) < 4.78 is 11.0. The first-order valence-electron chi connectivity index (χ1n) is 9.33. The molecule has 0 amide bonds. The summed E-state index contributed by atoms with van der Waals surface area (Å²) in [4.78, 5) is 0. The largest absolute Gasteiger partial charge is 0.420 e. The molecule has 2 aliphatic rings. The Morgan fingerprint density at radius 2 is 1.52 bits per heavy atom. The summed E-state index contributed by atoms with van der Waals surface area (Å²) in [6.07, 6.45) is 2.14. The molecule has 0 saturated carbocycles. The molecule has 130 valence electrons. The predicted octanol–water partition coefficient (Wildman–Crippen LogP) is 5.11. The lowest BCUT2D eigenvalue weighted by Crippen LogP contribution is -2.41. The minimum absolute atomic E-state index is 0.168. The van der Waals surface area contributed by atoms with Gasteiger partial charge in [0.05, 0.1) is 5.56 Å². The summed E-state index contributed by atoms with van der Waals surface area (Å²) in [6, 6.07) is 23.7. The van der Waals surface area contributed by atoms with E-state index in [4.69, 9.17) is 4.74 Å². The number of aryl methyl sites for hydroxylation is 2. The number of imidazole rings is 1. The Bertz CT molecular complexity index is 1210. The smallest absolute Gasteiger partial charge is 0.331 e. The van der Waals surface area contributed by atoms with Crippen molar-refractivity contribution in [1.29, 1.82) is 0 Å². The minimum Gasteiger partial charge on any atom is -0.420 e. The van der Waals surface area contributed by atoms with Crippen LogP contribution in [0.4, 0.5) is 0 Å². The molecule has 0 spiro atoms. The van der Waals surface area contributed by atoms with Crippen LogP contribution in [0.5, 0.6) is 11.6 Å². The number of nitrogens with zero attached hydrogens (tertiary/aromatic N) is 2. The molecule has 3 aromatic carbocycles. The summed E-state index contributed by atoms with van der Waals surface area (Å²) in [5.74, 6) is 3.04. The van der Waals surface area contributed by atoms with Crippen LogP contribution in [0.1, 0.15) is 28.3 Å². The SMILES string of the molecule is Cc1cccc(C)c1-n1cc2[n+]3c1-c1ccccc1C3c1ccccc1O2. The highest BCUT2D eigenvalue weighted by atomic mass is 16.5. The predicted molar refractivity (Wildman–Crippen MR) is 105 cm³/mol. The van der Waals surface area contributed by atoms with Crippen LogP contribution >= 0.6 is 0 Å². The fourth-order valence-corrected chi connectivity index (χ4v) is 4.69. The second kappa shape index (κ2) is 5.10. The van der Waals surface area contributed by atoms with Crippen LogP contribution in [0.3, 0.4) is 0 Å². The first kappa shape index (κ1) is 14.8. The van der Waals surface area contributed by atoms with Crippen molar-refractivity contribution in [2.24, 2.45) is 0 Å². The Hall–Kier alpha value is -3.33. The summed E-state index contributed by atoms with van der Waals surface area (Å²) in [6.45, 7) is 4.35. The van der Waals surface area contributed by atoms with E-state index in [0.29, 0.717) is 0 Å². The zero-order valence-corrected chi connectivity index (χ0v) is 15.3. The molecule has 4 aromatic rings. The Balaban J connectivity index is 1.73. The van der Waals surface area contributed by atoms with Crippen LogP contribution in [0.2, 0.25) is 0 Å². The van der Waals surface area contributed by atoms with Crippen LogP contribution in [-0.2, 0) is 0 Å². The van der Waals surface area contributed by atoms with Crippen molar-refractivity contribution in [3.8, 4) is 28.7 Å². The average Bonchev–Trinajstić information content (AvgIpc) is 3.21. The second-order valence-corrected chi connectivity index (χ2v) is 7.40. The van der Waals surface area contributed by atoms with Gasteiger partial charge in [-0.3, -0.25) is 0 Å². The van der Waals surface area contributed by atoms with Crippen LogP contribution < -0.4 is 9.30 Å². The number of fused-ring (bicyclic) bond motifs is 5. The van der Waals surface area contributed by atoms with Gasteiger partial charge in [0.25, 0.3) is 5.82 Å². The average molecular weight is 351 g/mol. The zero-order chi connectivity index (χ0) is 18.1. The fourth-order valence-electron chi connectivity index (χ4n) is 4.69. The fraction of sp³-hybridized carbons (Fsp3) is 0.125. The van der Waals surface area contributed by atoms with E-state index in [-0.39, 0.29) is 6.04 Å². The number of aromatic nitrogens is 2. The highest BCUT2D eigenvalue weighted by Crippen LogP contribution is 2.47. The molecular weight excluding hydrogens is 332 g/mol. The number of ether oxygens (including phenoxy) is 1. The second-order valence-electron chi connectivity index (χ2n) is 7.40. The van der Waals surface area contributed by atoms with Gasteiger partial charge in [-0.25, -0.2) is 0 Å². The molecule has 0 fully saturated rings. The normalized spacial score (nSPS) is 15.7. The van der Waals surface area contributed by atoms with E-state index in [0.717, 1.165) is 11.6 Å². The third-order valence-electron chi connectivity index (χ3n) is 5.80. The first-order valence-corrected chi connectivity index (χ1v) is 9.33. The van der Waals surface area contributed by atoms with Crippen molar-refractivity contribution < 1.29 is 9.30 Å². The highest BCUT2D eigenvalue weighted by molar-refractivity contribution is 5.68. The molecule has 1 aromatic heterocycles. The van der Waals surface area contributed by atoms with Crippen LogP contribution in [0.15, 0.2) is 72.9 Å². The lowest BCUT2D eigenvalue weighted by Gasteiger charge is -2.20. The lowest BCUT2D eigenvalue weighted by molar-refractivity contribution is -0.695. The molecule has 1 unspecified atom stereocenters. The monoisotopic (exact) mass is 351 g/mol. The van der Waals surface area contributed by atoms with Gasteiger partial charge in [-0.2, -0.15) is 9.13 Å². The van der Waals surface area contributed by atoms with Crippen molar-refractivity contribution in [3.63, 3.8) is 0 Å². The van der Waals surface area contributed by atoms with Gasteiger partial charge in [0.15, 0.2) is 12.2 Å². The van der Waals surface area contributed by atoms with Crippen molar-refractivity contribution in [2.75, 3.05) is 0 Å². The molecule has 6 rings (SSSR count). The Morgan fingerprint density at radius 1 is 0.815 bits per heavy atom. The van der Waals surface area contributed by atoms with Gasteiger partial charge in [-0.05, 0) is 37.1 Å². The van der Waals surface area contributed by atoms with Gasteiger partial charge in [0, 0.05) is 11.1 Å². The van der Waals surface area contributed by atoms with Gasteiger partial charge < -0.3 is 4.74 Å². The van der Waals surface area contributed by atoms with E-state index >= 15 is 0 Å². The number of benzene rings is 3. The molecule has 0 radical (unpaired) electrons. The molecule has 3 heteroatoms. The third kappa shape index (κ3) is 1.83. The van der Waals surface area contributed by atoms with E-state index in [9.17, 15) is 0 Å². The van der Waals surface area contributed by atoms with Crippen LogP contribution in [0.25, 0.3) is 17.1 Å². The number of hydrogen-bond acceptors (Lipinski definition) is 1. The van der Waals surface area contributed by atoms with E-state index in [1.807, 2.05) is 6.07 Å². The number of para-hydroxylation sites is 2. The molecule has 0 bridgehead atoms. The molecule has 0 aliphatic carbocycles.